The van der Waals surface area contributed by atoms with Crippen molar-refractivity contribution in [2.45, 2.75) is 13.0 Å². The number of nitrogens with zero attached hydrogens (tertiary/aromatic N) is 2. The number of aryl methyl sites for hydroxylation is 1. The Kier molecular flexibility index (Phi) is 4.97. The van der Waals surface area contributed by atoms with Gasteiger partial charge in [0, 0.05) is 25.0 Å². The van der Waals surface area contributed by atoms with Crippen LogP contribution < -0.4 is 15.5 Å². The van der Waals surface area contributed by atoms with Gasteiger partial charge in [-0.05, 0) is 25.1 Å². The van der Waals surface area contributed by atoms with Crippen molar-refractivity contribution in [2.24, 2.45) is 7.05 Å². The fourth-order valence-electron chi connectivity index (χ4n) is 2.18. The number of hydroxylamine groups is 1. The lowest BCUT2D eigenvalue weighted by Crippen LogP contribution is -2.29. The molecule has 2 aromatic rings. The molecule has 0 bridgehead atoms. The maximum absolute atomic E-state index is 12.3. The molecule has 8 nitrogen and oxygen atoms in total. The van der Waals surface area contributed by atoms with E-state index in [1.807, 2.05) is 0 Å². The highest BCUT2D eigenvalue weighted by Crippen LogP contribution is 2.24. The van der Waals surface area contributed by atoms with E-state index in [1.54, 1.807) is 42.3 Å². The normalized spacial score (nSPS) is 11.7. The van der Waals surface area contributed by atoms with Crippen LogP contribution in [0.1, 0.15) is 39.4 Å². The van der Waals surface area contributed by atoms with Crippen molar-refractivity contribution in [2.75, 3.05) is 7.11 Å². The second-order valence-corrected chi connectivity index (χ2v) is 4.96. The predicted molar refractivity (Wildman–Crippen MR) is 81.3 cm³/mol. The van der Waals surface area contributed by atoms with Crippen LogP contribution in [0.15, 0.2) is 30.6 Å². The molecular formula is C15H18N4O4. The summed E-state index contributed by atoms with van der Waals surface area (Å²) in [6.45, 7) is 1.75. The Hall–Kier alpha value is -2.87. The van der Waals surface area contributed by atoms with E-state index in [-0.39, 0.29) is 11.5 Å². The van der Waals surface area contributed by atoms with Gasteiger partial charge in [0.05, 0.1) is 18.7 Å². The van der Waals surface area contributed by atoms with Gasteiger partial charge in [0.15, 0.2) is 0 Å². The molecule has 0 spiro atoms. The van der Waals surface area contributed by atoms with Crippen LogP contribution in [0.4, 0.5) is 0 Å². The Balaban J connectivity index is 2.27. The first-order valence-corrected chi connectivity index (χ1v) is 6.88. The van der Waals surface area contributed by atoms with Crippen LogP contribution in [0.25, 0.3) is 0 Å². The second-order valence-electron chi connectivity index (χ2n) is 4.96. The smallest absolute Gasteiger partial charge is 0.276 e. The van der Waals surface area contributed by atoms with E-state index in [2.05, 4.69) is 10.3 Å². The minimum atomic E-state index is -0.692. The molecule has 122 valence electrons. The minimum Gasteiger partial charge on any atom is -0.481 e. The number of hydrogen-bond acceptors (Lipinski definition) is 5. The molecule has 1 atom stereocenters. The highest BCUT2D eigenvalue weighted by Gasteiger charge is 2.19. The molecule has 0 unspecified atom stereocenters. The molecule has 2 heterocycles. The average Bonchev–Trinajstić information content (AvgIpc) is 2.99. The third-order valence-electron chi connectivity index (χ3n) is 3.43. The Morgan fingerprint density at radius 3 is 2.70 bits per heavy atom. The Labute approximate surface area is 133 Å². The summed E-state index contributed by atoms with van der Waals surface area (Å²) in [5, 5.41) is 11.5. The van der Waals surface area contributed by atoms with Crippen molar-refractivity contribution in [1.29, 1.82) is 0 Å². The van der Waals surface area contributed by atoms with Crippen LogP contribution >= 0.6 is 0 Å². The topological polar surface area (TPSA) is 105 Å². The number of rotatable bonds is 5. The lowest BCUT2D eigenvalue weighted by atomic mass is 10.1. The molecule has 2 aromatic heterocycles. The molecule has 2 amide bonds. The first-order chi connectivity index (χ1) is 11.0. The van der Waals surface area contributed by atoms with E-state index in [9.17, 15) is 9.59 Å². The molecule has 3 N–H and O–H groups in total. The summed E-state index contributed by atoms with van der Waals surface area (Å²) in [4.78, 5) is 27.8. The van der Waals surface area contributed by atoms with Crippen LogP contribution in [0, 0.1) is 0 Å². The van der Waals surface area contributed by atoms with Crippen molar-refractivity contribution < 1.29 is 19.5 Å². The molecule has 0 aliphatic heterocycles. The quantitative estimate of drug-likeness (QED) is 0.564. The summed E-state index contributed by atoms with van der Waals surface area (Å²) < 4.78 is 6.87. The molecule has 0 aliphatic carbocycles. The number of carbonyl (C=O) groups is 2. The van der Waals surface area contributed by atoms with Gasteiger partial charge in [-0.2, -0.15) is 0 Å². The molecule has 23 heavy (non-hydrogen) atoms. The predicted octanol–water partition coefficient (Wildman–Crippen LogP) is 1.04. The number of amides is 2. The number of carbonyl (C=O) groups excluding carboxylic acids is 2. The van der Waals surface area contributed by atoms with E-state index >= 15 is 0 Å². The van der Waals surface area contributed by atoms with E-state index < -0.39 is 11.9 Å². The fraction of sp³-hybridized carbons (Fsp3) is 0.267. The van der Waals surface area contributed by atoms with Crippen molar-refractivity contribution in [1.82, 2.24) is 20.3 Å². The summed E-state index contributed by atoms with van der Waals surface area (Å²) in [6.07, 6.45) is 3.05. The summed E-state index contributed by atoms with van der Waals surface area (Å²) >= 11 is 0. The number of methoxy groups -OCH3 is 1. The average molecular weight is 318 g/mol. The fourth-order valence-corrected chi connectivity index (χ4v) is 2.18. The van der Waals surface area contributed by atoms with Crippen molar-refractivity contribution in [3.63, 3.8) is 0 Å². The van der Waals surface area contributed by atoms with Crippen LogP contribution in [0.2, 0.25) is 0 Å². The highest BCUT2D eigenvalue weighted by atomic mass is 16.5. The number of ether oxygens (including phenoxy) is 1. The maximum atomic E-state index is 12.3. The molecule has 0 saturated heterocycles. The zero-order chi connectivity index (χ0) is 17.0. The van der Waals surface area contributed by atoms with Gasteiger partial charge in [-0.3, -0.25) is 14.8 Å². The number of hydrogen-bond donors (Lipinski definition) is 3. The summed E-state index contributed by atoms with van der Waals surface area (Å²) in [6, 6.07) is 4.53. The third-order valence-corrected chi connectivity index (χ3v) is 3.43. The molecule has 0 aromatic carbocycles. The number of aromatic nitrogens is 2. The second kappa shape index (κ2) is 6.93. The molecular weight excluding hydrogens is 300 g/mol. The van der Waals surface area contributed by atoms with E-state index in [1.165, 1.54) is 19.4 Å². The Morgan fingerprint density at radius 2 is 2.13 bits per heavy atom. The zero-order valence-electron chi connectivity index (χ0n) is 13.0. The van der Waals surface area contributed by atoms with Gasteiger partial charge < -0.3 is 14.6 Å². The molecule has 8 heteroatoms. The van der Waals surface area contributed by atoms with Crippen molar-refractivity contribution in [3.05, 3.63) is 47.4 Å². The van der Waals surface area contributed by atoms with Gasteiger partial charge in [-0.25, -0.2) is 10.5 Å². The van der Waals surface area contributed by atoms with Gasteiger partial charge in [0.2, 0.25) is 5.88 Å². The van der Waals surface area contributed by atoms with Gasteiger partial charge in [-0.15, -0.1) is 0 Å². The van der Waals surface area contributed by atoms with Crippen LogP contribution in [-0.4, -0.2) is 33.7 Å². The summed E-state index contributed by atoms with van der Waals surface area (Å²) in [7, 11) is 3.22. The zero-order valence-corrected chi connectivity index (χ0v) is 13.0. The van der Waals surface area contributed by atoms with Crippen LogP contribution in [-0.2, 0) is 7.05 Å². The first kappa shape index (κ1) is 16.5. The van der Waals surface area contributed by atoms with E-state index in [0.29, 0.717) is 17.1 Å². The lowest BCUT2D eigenvalue weighted by Gasteiger charge is -2.17. The summed E-state index contributed by atoms with van der Waals surface area (Å²) in [5.74, 6) is -0.661. The van der Waals surface area contributed by atoms with Crippen LogP contribution in [0.3, 0.4) is 0 Å². The standard InChI is InChI=1S/C15H18N4O4/c1-9(17-14(21)12-5-4-6-19(12)2)11-7-10(13(20)18-22)8-16-15(11)23-3/h4-9,22H,1-3H3,(H,17,21)(H,18,20)/t9-/m0/s1. The van der Waals surface area contributed by atoms with Crippen LogP contribution in [0.5, 0.6) is 5.88 Å². The van der Waals surface area contributed by atoms with E-state index in [0.717, 1.165) is 0 Å². The van der Waals surface area contributed by atoms with E-state index in [4.69, 9.17) is 9.94 Å². The molecule has 0 fully saturated rings. The highest BCUT2D eigenvalue weighted by molar-refractivity contribution is 5.94. The number of nitrogens with one attached hydrogen (secondary N) is 2. The lowest BCUT2D eigenvalue weighted by molar-refractivity contribution is 0.0705. The largest absolute Gasteiger partial charge is 0.481 e. The molecule has 0 saturated carbocycles. The van der Waals surface area contributed by atoms with Crippen molar-refractivity contribution >= 4 is 11.8 Å². The minimum absolute atomic E-state index is 0.156. The maximum Gasteiger partial charge on any atom is 0.276 e. The van der Waals surface area contributed by atoms with Crippen molar-refractivity contribution in [3.8, 4) is 5.88 Å². The third kappa shape index (κ3) is 3.49. The number of pyridine rings is 1. The molecule has 0 radical (unpaired) electrons. The SMILES string of the molecule is COc1ncc(C(=O)NO)cc1[C@H](C)NC(=O)c1cccn1C. The molecule has 0 aliphatic rings. The van der Waals surface area contributed by atoms with Gasteiger partial charge in [-0.1, -0.05) is 0 Å². The van der Waals surface area contributed by atoms with Gasteiger partial charge >= 0.3 is 0 Å². The van der Waals surface area contributed by atoms with Gasteiger partial charge in [0.1, 0.15) is 5.69 Å². The molecule has 2 rings (SSSR count). The Morgan fingerprint density at radius 1 is 1.39 bits per heavy atom. The Bertz CT molecular complexity index is 726. The first-order valence-electron chi connectivity index (χ1n) is 6.88. The monoisotopic (exact) mass is 318 g/mol. The summed E-state index contributed by atoms with van der Waals surface area (Å²) in [5.41, 5.74) is 2.73. The van der Waals surface area contributed by atoms with Gasteiger partial charge in [0.25, 0.3) is 11.8 Å².